The van der Waals surface area contributed by atoms with E-state index in [-0.39, 0.29) is 13.0 Å². The molecule has 0 spiro atoms. The van der Waals surface area contributed by atoms with Gasteiger partial charge in [0.1, 0.15) is 6.61 Å². The van der Waals surface area contributed by atoms with Crippen molar-refractivity contribution in [3.8, 4) is 11.5 Å². The maximum Gasteiger partial charge on any atom is 0.407 e. The monoisotopic (exact) mass is 417 g/mol. The first-order valence-corrected chi connectivity index (χ1v) is 9.51. The van der Waals surface area contributed by atoms with Crippen molar-refractivity contribution in [3.05, 3.63) is 59.7 Å². The van der Waals surface area contributed by atoms with E-state index in [4.69, 9.17) is 14.2 Å². The standard InChI is InChI=1S/C22H27NO7/c1-4-29-18-11-10-16(13-19(18)27-2)12-17(20(24)21(25)28-3)23-22(26)30-14-15-8-6-5-7-9-15/h5-11,13,17,20,24H,4,12,14H2,1-3H3,(H,23,26). The Morgan fingerprint density at radius 2 is 1.77 bits per heavy atom. The van der Waals surface area contributed by atoms with E-state index in [0.29, 0.717) is 23.7 Å². The molecule has 0 aliphatic heterocycles. The number of aliphatic hydroxyl groups excluding tert-OH is 1. The minimum atomic E-state index is -1.57. The predicted octanol–water partition coefficient (Wildman–Crippen LogP) is 2.47. The highest BCUT2D eigenvalue weighted by Crippen LogP contribution is 2.28. The van der Waals surface area contributed by atoms with Crippen molar-refractivity contribution in [1.82, 2.24) is 5.32 Å². The number of esters is 1. The molecular weight excluding hydrogens is 390 g/mol. The van der Waals surface area contributed by atoms with Crippen LogP contribution in [0, 0.1) is 0 Å². The fourth-order valence-corrected chi connectivity index (χ4v) is 2.81. The predicted molar refractivity (Wildman–Crippen MR) is 109 cm³/mol. The van der Waals surface area contributed by atoms with Gasteiger partial charge in [-0.05, 0) is 36.6 Å². The number of amides is 1. The second kappa shape index (κ2) is 11.7. The Kier molecular flexibility index (Phi) is 8.96. The highest BCUT2D eigenvalue weighted by molar-refractivity contribution is 5.77. The summed E-state index contributed by atoms with van der Waals surface area (Å²) in [6.07, 6.45) is -2.19. The van der Waals surface area contributed by atoms with Gasteiger partial charge in [0, 0.05) is 0 Å². The zero-order valence-electron chi connectivity index (χ0n) is 17.3. The van der Waals surface area contributed by atoms with Crippen LogP contribution in [0.5, 0.6) is 11.5 Å². The molecule has 0 bridgehead atoms. The molecule has 0 saturated carbocycles. The topological polar surface area (TPSA) is 103 Å². The number of carbonyl (C=O) groups excluding carboxylic acids is 2. The SMILES string of the molecule is CCOc1ccc(CC(NC(=O)OCc2ccccc2)C(O)C(=O)OC)cc1OC. The number of nitrogens with one attached hydrogen (secondary N) is 1. The minimum absolute atomic E-state index is 0.0601. The molecule has 0 radical (unpaired) electrons. The normalized spacial score (nSPS) is 12.4. The summed E-state index contributed by atoms with van der Waals surface area (Å²) in [4.78, 5) is 24.1. The van der Waals surface area contributed by atoms with Crippen LogP contribution in [0.2, 0.25) is 0 Å². The largest absolute Gasteiger partial charge is 0.493 e. The third-order valence-corrected chi connectivity index (χ3v) is 4.32. The van der Waals surface area contributed by atoms with Crippen molar-refractivity contribution >= 4 is 12.1 Å². The fraction of sp³-hybridized carbons (Fsp3) is 0.364. The number of hydrogen-bond acceptors (Lipinski definition) is 7. The number of hydrogen-bond donors (Lipinski definition) is 2. The van der Waals surface area contributed by atoms with Gasteiger partial charge in [-0.3, -0.25) is 0 Å². The van der Waals surface area contributed by atoms with Crippen molar-refractivity contribution in [2.45, 2.75) is 32.1 Å². The Hall–Kier alpha value is -3.26. The molecule has 2 atom stereocenters. The number of alkyl carbamates (subject to hydrolysis) is 1. The first-order valence-electron chi connectivity index (χ1n) is 9.51. The van der Waals surface area contributed by atoms with Crippen LogP contribution in [0.1, 0.15) is 18.1 Å². The quantitative estimate of drug-likeness (QED) is 0.573. The van der Waals surface area contributed by atoms with Crippen LogP contribution in [0.15, 0.2) is 48.5 Å². The Bertz CT molecular complexity index is 825. The van der Waals surface area contributed by atoms with Crippen LogP contribution in [-0.2, 0) is 27.3 Å². The molecule has 0 saturated heterocycles. The molecule has 30 heavy (non-hydrogen) atoms. The van der Waals surface area contributed by atoms with E-state index in [9.17, 15) is 14.7 Å². The van der Waals surface area contributed by atoms with Crippen LogP contribution in [-0.4, -0.2) is 50.1 Å². The van der Waals surface area contributed by atoms with E-state index in [1.165, 1.54) is 7.11 Å². The average molecular weight is 417 g/mol. The molecule has 8 heteroatoms. The van der Waals surface area contributed by atoms with Gasteiger partial charge >= 0.3 is 12.1 Å². The summed E-state index contributed by atoms with van der Waals surface area (Å²) in [7, 11) is 2.68. The third-order valence-electron chi connectivity index (χ3n) is 4.32. The van der Waals surface area contributed by atoms with Gasteiger partial charge in [-0.15, -0.1) is 0 Å². The molecule has 0 heterocycles. The van der Waals surface area contributed by atoms with Gasteiger partial charge in [-0.25, -0.2) is 9.59 Å². The van der Waals surface area contributed by atoms with E-state index in [2.05, 4.69) is 10.1 Å². The molecule has 2 aromatic rings. The average Bonchev–Trinajstić information content (AvgIpc) is 2.78. The number of aliphatic hydroxyl groups is 1. The Balaban J connectivity index is 2.11. The number of methoxy groups -OCH3 is 2. The van der Waals surface area contributed by atoms with E-state index in [1.807, 2.05) is 37.3 Å². The molecule has 0 fully saturated rings. The summed E-state index contributed by atoms with van der Waals surface area (Å²) in [5, 5.41) is 12.9. The van der Waals surface area contributed by atoms with Crippen molar-refractivity contribution in [3.63, 3.8) is 0 Å². The van der Waals surface area contributed by atoms with Gasteiger partial charge in [0.05, 0.1) is 26.9 Å². The molecule has 2 rings (SSSR count). The van der Waals surface area contributed by atoms with Gasteiger partial charge in [-0.1, -0.05) is 36.4 Å². The van der Waals surface area contributed by atoms with Crippen molar-refractivity contribution < 1.29 is 33.6 Å². The first kappa shape index (κ1) is 23.0. The van der Waals surface area contributed by atoms with Crippen LogP contribution in [0.25, 0.3) is 0 Å². The van der Waals surface area contributed by atoms with Gasteiger partial charge in [0.25, 0.3) is 0 Å². The number of rotatable bonds is 10. The molecule has 2 N–H and O–H groups in total. The van der Waals surface area contributed by atoms with Gasteiger partial charge in [0.15, 0.2) is 17.6 Å². The molecule has 8 nitrogen and oxygen atoms in total. The van der Waals surface area contributed by atoms with Gasteiger partial charge in [-0.2, -0.15) is 0 Å². The number of benzene rings is 2. The third kappa shape index (κ3) is 6.66. The molecule has 2 unspecified atom stereocenters. The van der Waals surface area contributed by atoms with E-state index in [0.717, 1.165) is 12.7 Å². The maximum absolute atomic E-state index is 12.3. The summed E-state index contributed by atoms with van der Waals surface area (Å²) in [5.41, 5.74) is 1.53. The lowest BCUT2D eigenvalue weighted by molar-refractivity contribution is -0.151. The number of carbonyl (C=O) groups is 2. The van der Waals surface area contributed by atoms with E-state index >= 15 is 0 Å². The molecule has 0 aliphatic carbocycles. The molecule has 162 valence electrons. The Morgan fingerprint density at radius 3 is 2.40 bits per heavy atom. The van der Waals surface area contributed by atoms with E-state index < -0.39 is 24.2 Å². The first-order chi connectivity index (χ1) is 14.5. The minimum Gasteiger partial charge on any atom is -0.493 e. The van der Waals surface area contributed by atoms with Crippen LogP contribution >= 0.6 is 0 Å². The van der Waals surface area contributed by atoms with E-state index in [1.54, 1.807) is 18.2 Å². The molecule has 0 aliphatic rings. The maximum atomic E-state index is 12.3. The zero-order chi connectivity index (χ0) is 21.9. The second-order valence-electron chi connectivity index (χ2n) is 6.40. The van der Waals surface area contributed by atoms with Crippen LogP contribution in [0.3, 0.4) is 0 Å². The summed E-state index contributed by atoms with van der Waals surface area (Å²) in [5.74, 6) is 0.220. The summed E-state index contributed by atoms with van der Waals surface area (Å²) >= 11 is 0. The van der Waals surface area contributed by atoms with Crippen molar-refractivity contribution in [1.29, 1.82) is 0 Å². The van der Waals surface area contributed by atoms with Gasteiger partial charge < -0.3 is 29.4 Å². The Labute approximate surface area is 175 Å². The highest BCUT2D eigenvalue weighted by Gasteiger charge is 2.29. The van der Waals surface area contributed by atoms with Gasteiger partial charge in [0.2, 0.25) is 0 Å². The Morgan fingerprint density at radius 1 is 1.03 bits per heavy atom. The van der Waals surface area contributed by atoms with Crippen LogP contribution < -0.4 is 14.8 Å². The number of ether oxygens (including phenoxy) is 4. The lowest BCUT2D eigenvalue weighted by Crippen LogP contribution is -2.48. The molecule has 0 aromatic heterocycles. The smallest absolute Gasteiger partial charge is 0.407 e. The van der Waals surface area contributed by atoms with Crippen molar-refractivity contribution in [2.75, 3.05) is 20.8 Å². The molecule has 2 aromatic carbocycles. The highest BCUT2D eigenvalue weighted by atomic mass is 16.6. The lowest BCUT2D eigenvalue weighted by Gasteiger charge is -2.23. The molecular formula is C22H27NO7. The summed E-state index contributed by atoms with van der Waals surface area (Å²) in [6.45, 7) is 2.40. The van der Waals surface area contributed by atoms with Crippen LogP contribution in [0.4, 0.5) is 4.79 Å². The second-order valence-corrected chi connectivity index (χ2v) is 6.40. The fourth-order valence-electron chi connectivity index (χ4n) is 2.81. The summed E-state index contributed by atoms with van der Waals surface area (Å²) < 4.78 is 20.6. The van der Waals surface area contributed by atoms with Crippen molar-refractivity contribution in [2.24, 2.45) is 0 Å². The summed E-state index contributed by atoms with van der Waals surface area (Å²) in [6, 6.07) is 13.4. The lowest BCUT2D eigenvalue weighted by atomic mass is 10.0. The zero-order valence-corrected chi connectivity index (χ0v) is 17.3. The molecule has 1 amide bonds.